The Labute approximate surface area is 85.4 Å². The van der Waals surface area contributed by atoms with Crippen LogP contribution in [0.25, 0.3) is 0 Å². The van der Waals surface area contributed by atoms with E-state index >= 15 is 0 Å². The summed E-state index contributed by atoms with van der Waals surface area (Å²) in [6.45, 7) is 0. The monoisotopic (exact) mass is 200 g/mol. The summed E-state index contributed by atoms with van der Waals surface area (Å²) in [6, 6.07) is 19.8. The molecular weight excluding hydrogens is 188 g/mol. The van der Waals surface area contributed by atoms with E-state index in [0.717, 1.165) is 10.4 Å². The first-order valence-electron chi connectivity index (χ1n) is 4.66. The number of hydrogen-bond donors (Lipinski definition) is 1. The van der Waals surface area contributed by atoms with E-state index in [1.54, 1.807) is 0 Å². The van der Waals surface area contributed by atoms with Crippen molar-refractivity contribution in [3.8, 4) is 0 Å². The lowest BCUT2D eigenvalue weighted by atomic mass is 10.4. The molecule has 0 aliphatic carbocycles. The number of rotatable bonds is 2. The lowest BCUT2D eigenvalue weighted by Crippen LogP contribution is -2.41. The van der Waals surface area contributed by atoms with Gasteiger partial charge in [-0.05, 0) is 0 Å². The zero-order valence-electron chi connectivity index (χ0n) is 7.80. The predicted octanol–water partition coefficient (Wildman–Crippen LogP) is 0.517. The van der Waals surface area contributed by atoms with Crippen molar-refractivity contribution in [2.24, 2.45) is 0 Å². The second-order valence-corrected chi connectivity index (χ2v) is 5.36. The molecule has 0 fully saturated rings. The molecule has 0 amide bonds. The van der Waals surface area contributed by atoms with Crippen LogP contribution in [0.2, 0.25) is 0 Å². The van der Waals surface area contributed by atoms with Gasteiger partial charge in [0, 0.05) is 9.04 Å². The summed E-state index contributed by atoms with van der Waals surface area (Å²) < 4.78 is 0. The maximum Gasteiger partial charge on any atom is 0.0271 e. The molecule has 2 aromatic rings. The highest BCUT2D eigenvalue weighted by atomic mass is 28.3. The summed E-state index contributed by atoms with van der Waals surface area (Å²) in [7, 11) is -1.92. The third kappa shape index (κ3) is 1.92. The first kappa shape index (κ1) is 9.18. The van der Waals surface area contributed by atoms with E-state index in [9.17, 15) is 4.80 Å². The molecular formula is C12H12OSi-. The van der Waals surface area contributed by atoms with Gasteiger partial charge in [0.2, 0.25) is 0 Å². The van der Waals surface area contributed by atoms with Gasteiger partial charge in [0.25, 0.3) is 0 Å². The van der Waals surface area contributed by atoms with Gasteiger partial charge in [0.15, 0.2) is 0 Å². The number of benzene rings is 2. The predicted molar refractivity (Wildman–Crippen MR) is 61.5 cm³/mol. The molecule has 0 aliphatic rings. The second kappa shape index (κ2) is 4.22. The third-order valence-electron chi connectivity index (χ3n) is 2.23. The fraction of sp³-hybridized carbons (Fsp3) is 0. The van der Waals surface area contributed by atoms with Crippen molar-refractivity contribution in [2.75, 3.05) is 0 Å². The van der Waals surface area contributed by atoms with Gasteiger partial charge in [-0.1, -0.05) is 60.7 Å². The Morgan fingerprint density at radius 1 is 0.643 bits per heavy atom. The van der Waals surface area contributed by atoms with Crippen molar-refractivity contribution in [3.63, 3.8) is 0 Å². The van der Waals surface area contributed by atoms with Crippen LogP contribution >= 0.6 is 0 Å². The summed E-state index contributed by atoms with van der Waals surface area (Å²) in [5.74, 6) is 0. The Morgan fingerprint density at radius 2 is 1.00 bits per heavy atom. The minimum atomic E-state index is -1.92. The first-order chi connectivity index (χ1) is 6.88. The van der Waals surface area contributed by atoms with Crippen LogP contribution in [0.5, 0.6) is 0 Å². The molecule has 1 N–H and O–H groups in total. The van der Waals surface area contributed by atoms with Gasteiger partial charge in [0.05, 0.1) is 0 Å². The highest BCUT2D eigenvalue weighted by molar-refractivity contribution is 6.78. The molecule has 0 aromatic heterocycles. The van der Waals surface area contributed by atoms with Gasteiger partial charge >= 0.3 is 0 Å². The van der Waals surface area contributed by atoms with Gasteiger partial charge in [-0.25, -0.2) is 0 Å². The molecule has 0 heterocycles. The Kier molecular flexibility index (Phi) is 2.77. The largest absolute Gasteiger partial charge is 0.575 e. The van der Waals surface area contributed by atoms with E-state index < -0.39 is 9.04 Å². The fourth-order valence-corrected chi connectivity index (χ4v) is 3.02. The Balaban J connectivity index is 2.30. The smallest absolute Gasteiger partial charge is 0.0271 e. The highest BCUT2D eigenvalue weighted by Crippen LogP contribution is 1.89. The lowest BCUT2D eigenvalue weighted by Gasteiger charge is -2.20. The molecule has 1 nitrogen and oxygen atoms in total. The Morgan fingerprint density at radius 3 is 1.36 bits per heavy atom. The van der Waals surface area contributed by atoms with Gasteiger partial charge in [-0.3, -0.25) is 0 Å². The Hall–Kier alpha value is -1.38. The number of hydrogen-bond acceptors (Lipinski definition) is 1. The molecule has 2 heteroatoms. The molecule has 0 aliphatic heterocycles. The van der Waals surface area contributed by atoms with Crippen LogP contribution in [0.15, 0.2) is 60.7 Å². The van der Waals surface area contributed by atoms with Crippen molar-refractivity contribution in [1.82, 2.24) is 0 Å². The molecule has 0 saturated heterocycles. The van der Waals surface area contributed by atoms with E-state index in [4.69, 9.17) is 0 Å². The topological polar surface area (TPSA) is 20.2 Å². The molecule has 14 heavy (non-hydrogen) atoms. The second-order valence-electron chi connectivity index (χ2n) is 3.22. The van der Waals surface area contributed by atoms with E-state index in [1.165, 1.54) is 0 Å². The van der Waals surface area contributed by atoms with Crippen molar-refractivity contribution >= 4 is 19.4 Å². The van der Waals surface area contributed by atoms with Crippen molar-refractivity contribution in [1.29, 1.82) is 0 Å². The van der Waals surface area contributed by atoms with Gasteiger partial charge < -0.3 is 4.80 Å². The van der Waals surface area contributed by atoms with Crippen LogP contribution in [0.3, 0.4) is 0 Å². The minimum Gasteiger partial charge on any atom is -0.575 e. The van der Waals surface area contributed by atoms with Crippen molar-refractivity contribution in [2.45, 2.75) is 0 Å². The molecule has 0 saturated carbocycles. The van der Waals surface area contributed by atoms with Crippen LogP contribution in [-0.4, -0.2) is 13.8 Å². The summed E-state index contributed by atoms with van der Waals surface area (Å²) in [4.78, 5) is 10.1. The van der Waals surface area contributed by atoms with Crippen molar-refractivity contribution < 1.29 is 4.80 Å². The lowest BCUT2D eigenvalue weighted by molar-refractivity contribution is 0.600. The average Bonchev–Trinajstić information content (AvgIpc) is 2.30. The maximum atomic E-state index is 10.1. The first-order valence-corrected chi connectivity index (χ1v) is 6.33. The average molecular weight is 200 g/mol. The van der Waals surface area contributed by atoms with E-state index in [2.05, 4.69) is 0 Å². The zero-order chi connectivity index (χ0) is 9.80. The highest BCUT2D eigenvalue weighted by Gasteiger charge is 1.98. The van der Waals surface area contributed by atoms with Crippen LogP contribution in [0.1, 0.15) is 0 Å². The molecule has 0 radical (unpaired) electrons. The normalized spacial score (nSPS) is 10.4. The molecule has 0 unspecified atom stereocenters. The van der Waals surface area contributed by atoms with Gasteiger partial charge in [0.1, 0.15) is 0 Å². The maximum absolute atomic E-state index is 10.1. The van der Waals surface area contributed by atoms with E-state index in [-0.39, 0.29) is 0 Å². The van der Waals surface area contributed by atoms with E-state index in [1.807, 2.05) is 60.7 Å². The summed E-state index contributed by atoms with van der Waals surface area (Å²) in [5.41, 5.74) is 0. The summed E-state index contributed by atoms with van der Waals surface area (Å²) in [5, 5.41) is 2.14. The van der Waals surface area contributed by atoms with Crippen LogP contribution < -0.4 is 10.4 Å². The van der Waals surface area contributed by atoms with Gasteiger partial charge in [-0.15, -0.1) is 0 Å². The fourth-order valence-electron chi connectivity index (χ4n) is 1.46. The quantitative estimate of drug-likeness (QED) is 0.701. The van der Waals surface area contributed by atoms with E-state index in [0.29, 0.717) is 0 Å². The summed E-state index contributed by atoms with van der Waals surface area (Å²) >= 11 is 0. The molecule has 0 spiro atoms. The van der Waals surface area contributed by atoms with Crippen LogP contribution in [-0.2, 0) is 0 Å². The third-order valence-corrected chi connectivity index (χ3v) is 4.26. The molecule has 0 atom stereocenters. The molecule has 71 valence electrons. The molecule has 2 aromatic carbocycles. The summed E-state index contributed by atoms with van der Waals surface area (Å²) in [6.07, 6.45) is 0. The molecule has 0 bridgehead atoms. The SMILES string of the molecule is O[SiH-](c1ccccc1)c1ccccc1. The van der Waals surface area contributed by atoms with Crippen LogP contribution in [0, 0.1) is 0 Å². The van der Waals surface area contributed by atoms with Gasteiger partial charge in [-0.2, -0.15) is 10.4 Å². The Bertz CT molecular complexity index is 346. The molecule has 2 rings (SSSR count). The minimum absolute atomic E-state index is 1.07. The van der Waals surface area contributed by atoms with Crippen LogP contribution in [0.4, 0.5) is 0 Å². The zero-order valence-corrected chi connectivity index (χ0v) is 8.95. The standard InChI is InChI=1S/C12H12OSi/c13-14(11-7-3-1-4-8-11)12-9-5-2-6-10-12/h1-10,13-14H/q-1. The van der Waals surface area contributed by atoms with Crippen molar-refractivity contribution in [3.05, 3.63) is 60.7 Å².